The maximum Gasteiger partial charge on any atom is 0.223 e. The molecule has 0 spiro atoms. The van der Waals surface area contributed by atoms with Crippen molar-refractivity contribution >= 4 is 5.91 Å². The molecule has 1 saturated heterocycles. The fraction of sp³-hybridized carbons (Fsp3) is 0.667. The number of benzene rings is 1. The Morgan fingerprint density at radius 2 is 1.96 bits per heavy atom. The first-order valence-corrected chi connectivity index (χ1v) is 9.71. The lowest BCUT2D eigenvalue weighted by Gasteiger charge is -2.29. The van der Waals surface area contributed by atoms with E-state index in [4.69, 9.17) is 9.47 Å². The minimum Gasteiger partial charge on any atom is -0.493 e. The third-order valence-electron chi connectivity index (χ3n) is 6.69. The van der Waals surface area contributed by atoms with Gasteiger partial charge in [0.15, 0.2) is 11.5 Å². The van der Waals surface area contributed by atoms with Crippen LogP contribution in [-0.2, 0) is 4.79 Å². The van der Waals surface area contributed by atoms with Crippen LogP contribution in [0.2, 0.25) is 0 Å². The number of rotatable bonds is 5. The lowest BCUT2D eigenvalue weighted by molar-refractivity contribution is -0.133. The van der Waals surface area contributed by atoms with Gasteiger partial charge in [-0.05, 0) is 67.6 Å². The van der Waals surface area contributed by atoms with Gasteiger partial charge in [0.05, 0.1) is 20.3 Å². The van der Waals surface area contributed by atoms with Gasteiger partial charge in [0.2, 0.25) is 5.91 Å². The molecule has 3 fully saturated rings. The Morgan fingerprint density at radius 1 is 1.12 bits per heavy atom. The van der Waals surface area contributed by atoms with Crippen LogP contribution in [0.4, 0.5) is 0 Å². The summed E-state index contributed by atoms with van der Waals surface area (Å²) in [6.45, 7) is 0.888. The molecule has 1 aromatic carbocycles. The van der Waals surface area contributed by atoms with Crippen molar-refractivity contribution in [2.75, 3.05) is 20.8 Å². The number of carbonyl (C=O) groups is 1. The van der Waals surface area contributed by atoms with Crippen LogP contribution in [0.3, 0.4) is 0 Å². The molecule has 4 atom stereocenters. The lowest BCUT2D eigenvalue weighted by Crippen LogP contribution is -2.32. The predicted octanol–water partition coefficient (Wildman–Crippen LogP) is 4.19. The van der Waals surface area contributed by atoms with Gasteiger partial charge in [-0.1, -0.05) is 12.5 Å². The first-order chi connectivity index (χ1) is 12.2. The zero-order valence-corrected chi connectivity index (χ0v) is 15.4. The summed E-state index contributed by atoms with van der Waals surface area (Å²) in [4.78, 5) is 15.1. The summed E-state index contributed by atoms with van der Waals surface area (Å²) >= 11 is 0. The van der Waals surface area contributed by atoms with Crippen LogP contribution < -0.4 is 9.47 Å². The van der Waals surface area contributed by atoms with Crippen LogP contribution in [-0.4, -0.2) is 31.6 Å². The molecule has 4 heteroatoms. The topological polar surface area (TPSA) is 38.8 Å². The van der Waals surface area contributed by atoms with Crippen molar-refractivity contribution in [3.8, 4) is 11.5 Å². The average Bonchev–Trinajstić information content (AvgIpc) is 3.37. The smallest absolute Gasteiger partial charge is 0.223 e. The standard InChI is InChI=1S/C21H29NO3/c1-24-19-8-7-16(12-20(19)25-2)18-4-3-9-22(18)21(23)13-17-11-14-5-6-15(17)10-14/h7-8,12,14-15,17-18H,3-6,9-11,13H2,1-2H3. The molecule has 1 aromatic rings. The van der Waals surface area contributed by atoms with E-state index in [1.165, 1.54) is 25.7 Å². The highest BCUT2D eigenvalue weighted by atomic mass is 16.5. The fourth-order valence-electron chi connectivity index (χ4n) is 5.44. The predicted molar refractivity (Wildman–Crippen MR) is 96.8 cm³/mol. The molecule has 1 aliphatic heterocycles. The molecule has 0 N–H and O–H groups in total. The fourth-order valence-corrected chi connectivity index (χ4v) is 5.44. The van der Waals surface area contributed by atoms with E-state index in [0.29, 0.717) is 11.8 Å². The molecule has 2 aliphatic carbocycles. The molecule has 4 unspecified atom stereocenters. The molecule has 25 heavy (non-hydrogen) atoms. The van der Waals surface area contributed by atoms with Gasteiger partial charge < -0.3 is 14.4 Å². The van der Waals surface area contributed by atoms with Gasteiger partial charge >= 0.3 is 0 Å². The van der Waals surface area contributed by atoms with E-state index in [2.05, 4.69) is 11.0 Å². The molecule has 2 saturated carbocycles. The monoisotopic (exact) mass is 343 g/mol. The van der Waals surface area contributed by atoms with Crippen LogP contribution in [0.25, 0.3) is 0 Å². The van der Waals surface area contributed by atoms with Crippen LogP contribution in [0, 0.1) is 17.8 Å². The zero-order valence-electron chi connectivity index (χ0n) is 15.4. The second-order valence-electron chi connectivity index (χ2n) is 8.00. The number of likely N-dealkylation sites (tertiary alicyclic amines) is 1. The highest BCUT2D eigenvalue weighted by molar-refractivity contribution is 5.77. The van der Waals surface area contributed by atoms with Crippen LogP contribution in [0.1, 0.15) is 56.6 Å². The lowest BCUT2D eigenvalue weighted by atomic mass is 9.86. The van der Waals surface area contributed by atoms with E-state index in [9.17, 15) is 4.79 Å². The van der Waals surface area contributed by atoms with Crippen LogP contribution in [0.15, 0.2) is 18.2 Å². The molecule has 1 heterocycles. The highest BCUT2D eigenvalue weighted by Gasteiger charge is 2.41. The van der Waals surface area contributed by atoms with Crippen molar-refractivity contribution < 1.29 is 14.3 Å². The van der Waals surface area contributed by atoms with Gasteiger partial charge in [0, 0.05) is 13.0 Å². The van der Waals surface area contributed by atoms with Gasteiger partial charge in [0.25, 0.3) is 0 Å². The van der Waals surface area contributed by atoms with Crippen LogP contribution in [0.5, 0.6) is 11.5 Å². The van der Waals surface area contributed by atoms with E-state index in [0.717, 1.165) is 54.7 Å². The van der Waals surface area contributed by atoms with Gasteiger partial charge in [-0.3, -0.25) is 4.79 Å². The Hall–Kier alpha value is -1.71. The summed E-state index contributed by atoms with van der Waals surface area (Å²) in [6, 6.07) is 6.25. The largest absolute Gasteiger partial charge is 0.493 e. The number of fused-ring (bicyclic) bond motifs is 2. The second kappa shape index (κ2) is 6.89. The van der Waals surface area contributed by atoms with Gasteiger partial charge in [-0.15, -0.1) is 0 Å². The average molecular weight is 343 g/mol. The number of ether oxygens (including phenoxy) is 2. The molecule has 1 amide bonds. The quantitative estimate of drug-likeness (QED) is 0.804. The number of amides is 1. The van der Waals surface area contributed by atoms with E-state index in [-0.39, 0.29) is 6.04 Å². The second-order valence-corrected chi connectivity index (χ2v) is 8.00. The summed E-state index contributed by atoms with van der Waals surface area (Å²) in [6.07, 6.45) is 8.28. The van der Waals surface area contributed by atoms with Gasteiger partial charge in [0.1, 0.15) is 0 Å². The van der Waals surface area contributed by atoms with Crippen molar-refractivity contribution in [2.24, 2.45) is 17.8 Å². The molecule has 0 aromatic heterocycles. The first kappa shape index (κ1) is 16.7. The third-order valence-corrected chi connectivity index (χ3v) is 6.69. The highest BCUT2D eigenvalue weighted by Crippen LogP contribution is 2.50. The Labute approximate surface area is 150 Å². The summed E-state index contributed by atoms with van der Waals surface area (Å²) in [7, 11) is 3.31. The summed E-state index contributed by atoms with van der Waals surface area (Å²) in [5, 5.41) is 0. The number of methoxy groups -OCH3 is 2. The Kier molecular flexibility index (Phi) is 4.61. The maximum absolute atomic E-state index is 13.0. The van der Waals surface area contributed by atoms with E-state index >= 15 is 0 Å². The summed E-state index contributed by atoms with van der Waals surface area (Å²) in [5.74, 6) is 4.20. The molecule has 136 valence electrons. The van der Waals surface area contributed by atoms with E-state index < -0.39 is 0 Å². The van der Waals surface area contributed by atoms with Crippen molar-refractivity contribution in [1.29, 1.82) is 0 Å². The molecular weight excluding hydrogens is 314 g/mol. The molecule has 0 radical (unpaired) electrons. The number of carbonyl (C=O) groups excluding carboxylic acids is 1. The molecule has 2 bridgehead atoms. The Bertz CT molecular complexity index is 644. The van der Waals surface area contributed by atoms with Gasteiger partial charge in [-0.25, -0.2) is 0 Å². The molecular formula is C21H29NO3. The Balaban J connectivity index is 1.47. The summed E-state index contributed by atoms with van der Waals surface area (Å²) in [5.41, 5.74) is 1.16. The molecule has 4 rings (SSSR count). The van der Waals surface area contributed by atoms with Crippen molar-refractivity contribution in [1.82, 2.24) is 4.90 Å². The SMILES string of the molecule is COc1ccc(C2CCCN2C(=O)CC2CC3CCC2C3)cc1OC. The van der Waals surface area contributed by atoms with E-state index in [1.807, 2.05) is 12.1 Å². The van der Waals surface area contributed by atoms with Crippen LogP contribution >= 0.6 is 0 Å². The van der Waals surface area contributed by atoms with Crippen molar-refractivity contribution in [3.05, 3.63) is 23.8 Å². The molecule has 4 nitrogen and oxygen atoms in total. The maximum atomic E-state index is 13.0. The molecule has 3 aliphatic rings. The third kappa shape index (κ3) is 3.11. The first-order valence-electron chi connectivity index (χ1n) is 9.71. The normalized spacial score (nSPS) is 30.7. The number of hydrogen-bond donors (Lipinski definition) is 0. The van der Waals surface area contributed by atoms with Crippen molar-refractivity contribution in [2.45, 2.75) is 51.0 Å². The van der Waals surface area contributed by atoms with Crippen molar-refractivity contribution in [3.63, 3.8) is 0 Å². The van der Waals surface area contributed by atoms with Gasteiger partial charge in [-0.2, -0.15) is 0 Å². The zero-order chi connectivity index (χ0) is 17.4. The number of hydrogen-bond acceptors (Lipinski definition) is 3. The number of nitrogens with zero attached hydrogens (tertiary/aromatic N) is 1. The Morgan fingerprint density at radius 3 is 2.64 bits per heavy atom. The summed E-state index contributed by atoms with van der Waals surface area (Å²) < 4.78 is 10.8. The van der Waals surface area contributed by atoms with E-state index in [1.54, 1.807) is 14.2 Å². The minimum absolute atomic E-state index is 0.186. The minimum atomic E-state index is 0.186.